The van der Waals surface area contributed by atoms with Crippen molar-refractivity contribution in [3.8, 4) is 0 Å². The number of hydrogen-bond donors (Lipinski definition) is 1. The molecule has 0 aromatic heterocycles. The fraction of sp³-hybridized carbons (Fsp3) is 0.474. The lowest BCUT2D eigenvalue weighted by Gasteiger charge is -2.42. The summed E-state index contributed by atoms with van der Waals surface area (Å²) in [5.74, 6) is -0.821. The monoisotopic (exact) mass is 485 g/mol. The largest absolute Gasteiger partial charge is 0.459 e. The molecule has 1 heterocycles. The van der Waals surface area contributed by atoms with Gasteiger partial charge in [0.2, 0.25) is 23.0 Å². The second-order valence-corrected chi connectivity index (χ2v) is 8.82. The number of nitro groups is 1. The van der Waals surface area contributed by atoms with Crippen molar-refractivity contribution >= 4 is 52.4 Å². The minimum absolute atomic E-state index is 0.0294. The molecule has 11 nitrogen and oxygen atoms in total. The Labute approximate surface area is 192 Å². The second-order valence-electron chi connectivity index (χ2n) is 6.56. The van der Waals surface area contributed by atoms with Gasteiger partial charge in [-0.3, -0.25) is 24.5 Å². The van der Waals surface area contributed by atoms with E-state index in [9.17, 15) is 29.3 Å². The summed E-state index contributed by atoms with van der Waals surface area (Å²) in [7, 11) is 0. The fourth-order valence-corrected chi connectivity index (χ4v) is 4.36. The highest BCUT2D eigenvalue weighted by atomic mass is 32.2. The average Bonchev–Trinajstić information content (AvgIpc) is 2.75. The van der Waals surface area contributed by atoms with Crippen molar-refractivity contribution in [2.75, 3.05) is 18.9 Å². The molecule has 1 N–H and O–H groups in total. The number of rotatable bonds is 12. The zero-order valence-corrected chi connectivity index (χ0v) is 19.1. The molecule has 2 unspecified atom stereocenters. The number of amides is 2. The van der Waals surface area contributed by atoms with Gasteiger partial charge in [-0.05, 0) is 23.4 Å². The fourth-order valence-electron chi connectivity index (χ4n) is 2.73. The number of β-lactam (4-membered cyclic amide) rings is 1. The van der Waals surface area contributed by atoms with Crippen molar-refractivity contribution in [2.24, 2.45) is 0 Å². The van der Waals surface area contributed by atoms with Crippen LogP contribution in [0.2, 0.25) is 0 Å². The van der Waals surface area contributed by atoms with Crippen LogP contribution in [0.25, 0.3) is 0 Å². The normalized spacial score (nSPS) is 16.1. The van der Waals surface area contributed by atoms with Crippen molar-refractivity contribution in [1.29, 1.82) is 0 Å². The third kappa shape index (κ3) is 7.21. The summed E-state index contributed by atoms with van der Waals surface area (Å²) < 4.78 is 10.4. The maximum absolute atomic E-state index is 12.8. The molecule has 0 aliphatic carbocycles. The number of nitro benzene ring substituents is 1. The van der Waals surface area contributed by atoms with Gasteiger partial charge in [0.15, 0.2) is 0 Å². The third-order valence-corrected chi connectivity index (χ3v) is 6.04. The Morgan fingerprint density at radius 3 is 2.56 bits per heavy atom. The number of hydrogen-bond acceptors (Lipinski definition) is 10. The number of carbonyl (C=O) groups is 4. The molecule has 0 spiro atoms. The van der Waals surface area contributed by atoms with E-state index in [0.29, 0.717) is 23.4 Å². The molecule has 2 atom stereocenters. The van der Waals surface area contributed by atoms with Gasteiger partial charge in [-0.2, -0.15) is 0 Å². The first-order valence-corrected chi connectivity index (χ1v) is 11.4. The number of carbonyl (C=O) groups excluding carboxylic acids is 4. The van der Waals surface area contributed by atoms with E-state index < -0.39 is 22.0 Å². The molecule has 2 rings (SSSR count). The van der Waals surface area contributed by atoms with Crippen molar-refractivity contribution < 1.29 is 33.0 Å². The number of likely N-dealkylation sites (tertiary alicyclic amines) is 1. The topological polar surface area (TPSA) is 145 Å². The molecule has 0 radical (unpaired) electrons. The Bertz CT molecular complexity index is 865. The Balaban J connectivity index is 2.03. The van der Waals surface area contributed by atoms with Gasteiger partial charge >= 0.3 is 5.97 Å². The number of ether oxygens (including phenoxy) is 1. The van der Waals surface area contributed by atoms with Crippen LogP contribution in [-0.4, -0.2) is 63.0 Å². The highest BCUT2D eigenvalue weighted by molar-refractivity contribution is 8.09. The van der Waals surface area contributed by atoms with Gasteiger partial charge in [-0.15, -0.1) is 11.8 Å². The van der Waals surface area contributed by atoms with E-state index in [1.54, 1.807) is 0 Å². The maximum Gasteiger partial charge on any atom is 0.338 e. The minimum atomic E-state index is -1.48. The van der Waals surface area contributed by atoms with Gasteiger partial charge in [-0.25, -0.2) is 4.79 Å². The predicted molar refractivity (Wildman–Crippen MR) is 117 cm³/mol. The van der Waals surface area contributed by atoms with Crippen LogP contribution in [0.5, 0.6) is 0 Å². The molecule has 1 aromatic rings. The van der Waals surface area contributed by atoms with Crippen LogP contribution in [0.15, 0.2) is 24.3 Å². The van der Waals surface area contributed by atoms with Crippen LogP contribution in [-0.2, 0) is 34.7 Å². The van der Waals surface area contributed by atoms with Crippen LogP contribution in [0.1, 0.15) is 25.8 Å². The average molecular weight is 486 g/mol. The van der Waals surface area contributed by atoms with Gasteiger partial charge in [0.1, 0.15) is 6.61 Å². The highest BCUT2D eigenvalue weighted by Crippen LogP contribution is 2.33. The molecule has 174 valence electrons. The molecule has 32 heavy (non-hydrogen) atoms. The molecule has 1 aromatic carbocycles. The minimum Gasteiger partial charge on any atom is -0.459 e. The van der Waals surface area contributed by atoms with Gasteiger partial charge < -0.3 is 19.1 Å². The molecule has 1 saturated heterocycles. The van der Waals surface area contributed by atoms with Gasteiger partial charge in [0, 0.05) is 25.6 Å². The van der Waals surface area contributed by atoms with E-state index in [2.05, 4.69) is 5.32 Å². The van der Waals surface area contributed by atoms with E-state index in [-0.39, 0.29) is 49.1 Å². The lowest BCUT2D eigenvalue weighted by Crippen LogP contribution is -2.61. The van der Waals surface area contributed by atoms with Crippen LogP contribution in [0.3, 0.4) is 0 Å². The summed E-state index contributed by atoms with van der Waals surface area (Å²) >= 11 is 1.85. The Hall–Kier alpha value is -2.64. The summed E-state index contributed by atoms with van der Waals surface area (Å²) in [6.45, 7) is 3.23. The molecular weight excluding hydrogens is 462 g/mol. The molecular formula is C19H23N3O8S2. The van der Waals surface area contributed by atoms with Crippen molar-refractivity contribution in [1.82, 2.24) is 10.2 Å². The lowest BCUT2D eigenvalue weighted by molar-refractivity contribution is -0.384. The second kappa shape index (κ2) is 12.4. The number of non-ortho nitro benzene ring substituents is 1. The molecule has 1 aliphatic rings. The standard InChI is InChI=1S/C19H23N3O8S2/c1-3-31-16-10-15(24)21(16)17(19(26)32-30-9-8-20-12(2)23)18(25)29-11-13-4-6-14(7-5-13)22(27)28/h4-7,16-17H,3,8-11H2,1-2H3,(H,20,23). The predicted octanol–water partition coefficient (Wildman–Crippen LogP) is 1.65. The molecule has 1 aliphatic heterocycles. The maximum atomic E-state index is 12.8. The van der Waals surface area contributed by atoms with E-state index in [1.807, 2.05) is 6.92 Å². The van der Waals surface area contributed by atoms with Crippen LogP contribution in [0, 0.1) is 10.1 Å². The first-order chi connectivity index (χ1) is 15.2. The molecule has 0 saturated carbocycles. The summed E-state index contributed by atoms with van der Waals surface area (Å²) in [5.41, 5.74) is 0.385. The van der Waals surface area contributed by atoms with Gasteiger partial charge in [0.25, 0.3) is 5.69 Å². The van der Waals surface area contributed by atoms with Gasteiger partial charge in [0.05, 0.1) is 35.4 Å². The van der Waals surface area contributed by atoms with E-state index >= 15 is 0 Å². The lowest BCUT2D eigenvalue weighted by atomic mass is 10.1. The van der Waals surface area contributed by atoms with Crippen LogP contribution >= 0.6 is 23.8 Å². The Morgan fingerprint density at radius 1 is 1.31 bits per heavy atom. The van der Waals surface area contributed by atoms with Gasteiger partial charge in [-0.1, -0.05) is 6.92 Å². The molecule has 2 amide bonds. The first kappa shape index (κ1) is 25.6. The highest BCUT2D eigenvalue weighted by Gasteiger charge is 2.48. The number of nitrogens with one attached hydrogen (secondary N) is 1. The van der Waals surface area contributed by atoms with E-state index in [4.69, 9.17) is 8.92 Å². The number of thioether (sulfide) groups is 1. The summed E-state index contributed by atoms with van der Waals surface area (Å²) in [5, 5.41) is 12.2. The van der Waals surface area contributed by atoms with E-state index in [0.717, 1.165) is 0 Å². The Kier molecular flexibility index (Phi) is 9.94. The molecule has 1 fully saturated rings. The summed E-state index contributed by atoms with van der Waals surface area (Å²) in [6.07, 6.45) is 0.214. The van der Waals surface area contributed by atoms with Crippen LogP contribution in [0.4, 0.5) is 5.69 Å². The van der Waals surface area contributed by atoms with Crippen molar-refractivity contribution in [2.45, 2.75) is 38.3 Å². The number of benzene rings is 1. The molecule has 0 bridgehead atoms. The SMILES string of the molecule is CCSC1CC(=O)N1C(C(=O)OCc1ccc([N+](=O)[O-])cc1)C(=O)SOCCNC(C)=O. The number of nitrogens with zero attached hydrogens (tertiary/aromatic N) is 2. The first-order valence-electron chi connectivity index (χ1n) is 9.65. The molecule has 13 heteroatoms. The summed E-state index contributed by atoms with van der Waals surface area (Å²) in [6, 6.07) is 3.94. The quantitative estimate of drug-likeness (QED) is 0.0882. The van der Waals surface area contributed by atoms with E-state index in [1.165, 1.54) is 47.9 Å². The van der Waals surface area contributed by atoms with Crippen LogP contribution < -0.4 is 5.32 Å². The zero-order chi connectivity index (χ0) is 23.7. The van der Waals surface area contributed by atoms with Crippen molar-refractivity contribution in [3.63, 3.8) is 0 Å². The third-order valence-electron chi connectivity index (χ3n) is 4.26. The summed E-state index contributed by atoms with van der Waals surface area (Å²) in [4.78, 5) is 59.9. The zero-order valence-electron chi connectivity index (χ0n) is 17.5. The number of esters is 1. The van der Waals surface area contributed by atoms with Crippen molar-refractivity contribution in [3.05, 3.63) is 39.9 Å². The smallest absolute Gasteiger partial charge is 0.338 e. The Morgan fingerprint density at radius 2 is 2.00 bits per heavy atom.